The van der Waals surface area contributed by atoms with E-state index in [0.29, 0.717) is 5.69 Å². The molecule has 0 radical (unpaired) electrons. The van der Waals surface area contributed by atoms with Gasteiger partial charge in [0.1, 0.15) is 5.69 Å². The third-order valence-corrected chi connectivity index (χ3v) is 4.79. The minimum absolute atomic E-state index is 0.0322. The molecule has 1 aromatic heterocycles. The van der Waals surface area contributed by atoms with E-state index in [1.165, 1.54) is 43.7 Å². The van der Waals surface area contributed by atoms with Gasteiger partial charge in [-0.05, 0) is 44.0 Å². The highest BCUT2D eigenvalue weighted by atomic mass is 19.4. The lowest BCUT2D eigenvalue weighted by Gasteiger charge is -2.13. The van der Waals surface area contributed by atoms with Gasteiger partial charge in [0, 0.05) is 25.0 Å². The van der Waals surface area contributed by atoms with Crippen molar-refractivity contribution in [2.45, 2.75) is 26.9 Å². The maximum atomic E-state index is 13.1. The van der Waals surface area contributed by atoms with E-state index in [9.17, 15) is 27.6 Å². The highest BCUT2D eigenvalue weighted by Gasteiger charge is 2.33. The Bertz CT molecular complexity index is 1040. The Morgan fingerprint density at radius 3 is 2.37 bits per heavy atom. The molecule has 2 N–H and O–H groups in total. The molecule has 0 aliphatic rings. The van der Waals surface area contributed by atoms with Crippen molar-refractivity contribution in [3.8, 4) is 0 Å². The lowest BCUT2D eigenvalue weighted by Crippen LogP contribution is -2.31. The molecule has 2 rings (SSSR count). The quantitative estimate of drug-likeness (QED) is 0.424. The molecular formula is C21H22F3N3O3. The van der Waals surface area contributed by atoms with Gasteiger partial charge in [0.15, 0.2) is 0 Å². The van der Waals surface area contributed by atoms with Crippen LogP contribution in [0.25, 0.3) is 0 Å². The highest BCUT2D eigenvalue weighted by molar-refractivity contribution is 6.43. The van der Waals surface area contributed by atoms with Crippen molar-refractivity contribution in [1.29, 1.82) is 0 Å². The van der Waals surface area contributed by atoms with E-state index >= 15 is 0 Å². The van der Waals surface area contributed by atoms with Crippen LogP contribution in [0.3, 0.4) is 0 Å². The fraction of sp³-hybridized carbons (Fsp3) is 0.286. The first-order valence-corrected chi connectivity index (χ1v) is 8.98. The van der Waals surface area contributed by atoms with Gasteiger partial charge in [-0.1, -0.05) is 12.1 Å². The first-order valence-electron chi connectivity index (χ1n) is 8.98. The lowest BCUT2D eigenvalue weighted by atomic mass is 10.0. The number of alkyl halides is 3. The first kappa shape index (κ1) is 22.9. The van der Waals surface area contributed by atoms with E-state index < -0.39 is 29.3 Å². The van der Waals surface area contributed by atoms with E-state index in [1.807, 2.05) is 0 Å². The number of aromatic nitrogens is 1. The molecule has 0 saturated heterocycles. The number of rotatable bonds is 6. The number of benzene rings is 1. The topological polar surface area (TPSA) is 80.2 Å². The van der Waals surface area contributed by atoms with Gasteiger partial charge in [-0.3, -0.25) is 14.4 Å². The number of nitrogens with one attached hydrogen (secondary N) is 2. The molecule has 160 valence electrons. The number of nitrogens with zero attached hydrogens (tertiary/aromatic N) is 1. The van der Waals surface area contributed by atoms with E-state index in [-0.39, 0.29) is 34.6 Å². The summed E-state index contributed by atoms with van der Waals surface area (Å²) in [5.41, 5.74) is -0.0660. The van der Waals surface area contributed by atoms with Crippen molar-refractivity contribution in [2.24, 2.45) is 7.05 Å². The molecule has 0 fully saturated rings. The van der Waals surface area contributed by atoms with E-state index in [0.717, 1.165) is 6.07 Å². The maximum Gasteiger partial charge on any atom is 0.416 e. The van der Waals surface area contributed by atoms with Crippen LogP contribution < -0.4 is 10.6 Å². The van der Waals surface area contributed by atoms with Crippen LogP contribution in [-0.2, 0) is 18.0 Å². The zero-order chi connectivity index (χ0) is 22.8. The minimum Gasteiger partial charge on any atom is -0.346 e. The third kappa shape index (κ3) is 4.45. The summed E-state index contributed by atoms with van der Waals surface area (Å²) in [6.45, 7) is 7.97. The molecule has 0 aliphatic carbocycles. The summed E-state index contributed by atoms with van der Waals surface area (Å²) in [6.07, 6.45) is -3.13. The first-order chi connectivity index (χ1) is 13.9. The molecule has 9 heteroatoms. The van der Waals surface area contributed by atoms with Gasteiger partial charge < -0.3 is 15.2 Å². The van der Waals surface area contributed by atoms with Crippen molar-refractivity contribution >= 4 is 23.3 Å². The van der Waals surface area contributed by atoms with E-state index in [4.69, 9.17) is 0 Å². The molecule has 30 heavy (non-hydrogen) atoms. The van der Waals surface area contributed by atoms with Gasteiger partial charge in [-0.25, -0.2) is 0 Å². The molecule has 0 bridgehead atoms. The molecule has 0 spiro atoms. The van der Waals surface area contributed by atoms with E-state index in [1.54, 1.807) is 6.92 Å². The number of carbonyl (C=O) groups is 3. The standard InChI is InChI=1S/C21H22F3N3O3/c1-6-9-25-20(30)18(28)16-12(3)17(27(5)13(16)4)19(29)26-14-8-7-11(2)15(10-14)21(22,23)24/h6-8,10H,1,9H2,2-5H3,(H,25,30)(H,26,29). The Kier molecular flexibility index (Phi) is 6.54. The summed E-state index contributed by atoms with van der Waals surface area (Å²) >= 11 is 0. The zero-order valence-electron chi connectivity index (χ0n) is 17.0. The number of Topliss-reactive ketones (excluding diaryl/α,β-unsaturated/α-hetero) is 1. The molecule has 0 atom stereocenters. The van der Waals surface area contributed by atoms with Crippen molar-refractivity contribution in [3.63, 3.8) is 0 Å². The number of ketones is 1. The largest absolute Gasteiger partial charge is 0.416 e. The molecule has 6 nitrogen and oxygen atoms in total. The fourth-order valence-corrected chi connectivity index (χ4v) is 3.19. The average Bonchev–Trinajstić information content (AvgIpc) is 2.88. The van der Waals surface area contributed by atoms with Gasteiger partial charge in [-0.2, -0.15) is 13.2 Å². The number of anilines is 1. The van der Waals surface area contributed by atoms with Gasteiger partial charge in [-0.15, -0.1) is 6.58 Å². The van der Waals surface area contributed by atoms with Crippen molar-refractivity contribution in [3.05, 3.63) is 64.5 Å². The summed E-state index contributed by atoms with van der Waals surface area (Å²) in [5.74, 6) is -2.34. The molecule has 0 unspecified atom stereocenters. The molecule has 1 aromatic carbocycles. The van der Waals surface area contributed by atoms with Crippen LogP contribution in [0.2, 0.25) is 0 Å². The summed E-state index contributed by atoms with van der Waals surface area (Å²) < 4.78 is 40.8. The monoisotopic (exact) mass is 421 g/mol. The number of halogens is 3. The Morgan fingerprint density at radius 1 is 1.17 bits per heavy atom. The van der Waals surface area contributed by atoms with Gasteiger partial charge in [0.25, 0.3) is 17.6 Å². The van der Waals surface area contributed by atoms with Crippen LogP contribution in [0, 0.1) is 20.8 Å². The second-order valence-electron chi connectivity index (χ2n) is 6.80. The van der Waals surface area contributed by atoms with Crippen LogP contribution in [0.4, 0.5) is 18.9 Å². The Labute approximate surface area is 171 Å². The second-order valence-corrected chi connectivity index (χ2v) is 6.80. The molecule has 2 amide bonds. The van der Waals surface area contributed by atoms with Gasteiger partial charge >= 0.3 is 6.18 Å². The Morgan fingerprint density at radius 2 is 1.80 bits per heavy atom. The lowest BCUT2D eigenvalue weighted by molar-refractivity contribution is -0.138. The van der Waals surface area contributed by atoms with E-state index in [2.05, 4.69) is 17.2 Å². The maximum absolute atomic E-state index is 13.1. The average molecular weight is 421 g/mol. The van der Waals surface area contributed by atoms with Crippen LogP contribution in [-0.4, -0.2) is 28.7 Å². The van der Waals surface area contributed by atoms with Crippen molar-refractivity contribution in [2.75, 3.05) is 11.9 Å². The van der Waals surface area contributed by atoms with Crippen LogP contribution in [0.15, 0.2) is 30.9 Å². The normalized spacial score (nSPS) is 11.2. The SMILES string of the molecule is C=CCNC(=O)C(=O)c1c(C)c(C(=O)Nc2ccc(C)c(C(F)(F)F)c2)n(C)c1C. The molecular weight excluding hydrogens is 399 g/mol. The number of hydrogen-bond acceptors (Lipinski definition) is 3. The van der Waals surface area contributed by atoms with Crippen molar-refractivity contribution in [1.82, 2.24) is 9.88 Å². The fourth-order valence-electron chi connectivity index (χ4n) is 3.19. The predicted octanol–water partition coefficient (Wildman–Crippen LogP) is 3.71. The number of carbonyl (C=O) groups excluding carboxylic acids is 3. The zero-order valence-corrected chi connectivity index (χ0v) is 17.0. The third-order valence-electron chi connectivity index (χ3n) is 4.79. The molecule has 0 saturated carbocycles. The summed E-state index contributed by atoms with van der Waals surface area (Å²) in [5, 5.41) is 4.82. The summed E-state index contributed by atoms with van der Waals surface area (Å²) in [4.78, 5) is 37.3. The van der Waals surface area contributed by atoms with Gasteiger partial charge in [0.2, 0.25) is 0 Å². The van der Waals surface area contributed by atoms with Crippen molar-refractivity contribution < 1.29 is 27.6 Å². The molecule has 1 heterocycles. The molecule has 0 aliphatic heterocycles. The molecule has 2 aromatic rings. The van der Waals surface area contributed by atoms with Crippen LogP contribution in [0.1, 0.15) is 43.2 Å². The summed E-state index contributed by atoms with van der Waals surface area (Å²) in [6, 6.07) is 3.48. The van der Waals surface area contributed by atoms with Crippen LogP contribution in [0.5, 0.6) is 0 Å². The smallest absolute Gasteiger partial charge is 0.346 e. The van der Waals surface area contributed by atoms with Crippen LogP contribution >= 0.6 is 0 Å². The van der Waals surface area contributed by atoms with Gasteiger partial charge in [0.05, 0.1) is 11.1 Å². The predicted molar refractivity (Wildman–Crippen MR) is 107 cm³/mol. The Hall–Kier alpha value is -3.36. The minimum atomic E-state index is -4.55. The number of aryl methyl sites for hydroxylation is 1. The Balaban J connectivity index is 2.39. The highest BCUT2D eigenvalue weighted by Crippen LogP contribution is 2.33. The second kappa shape index (κ2) is 8.56. The number of hydrogen-bond donors (Lipinski definition) is 2. The number of amides is 2. The summed E-state index contributed by atoms with van der Waals surface area (Å²) in [7, 11) is 1.53.